The summed E-state index contributed by atoms with van der Waals surface area (Å²) in [4.78, 5) is 15.1. The number of imidazole rings is 1. The average molecular weight is 267 g/mol. The molecule has 0 aliphatic heterocycles. The Morgan fingerprint density at radius 2 is 2.10 bits per heavy atom. The smallest absolute Gasteiger partial charge is 0.170 e. The SMILES string of the molecule is COc1ccc(C)cc1-c1ccc2ncc(C=O)n2n1. The van der Waals surface area contributed by atoms with E-state index in [1.807, 2.05) is 37.3 Å². The second-order valence-electron chi connectivity index (χ2n) is 4.49. The molecule has 5 nitrogen and oxygen atoms in total. The highest BCUT2D eigenvalue weighted by atomic mass is 16.5. The van der Waals surface area contributed by atoms with Crippen LogP contribution in [0.4, 0.5) is 0 Å². The van der Waals surface area contributed by atoms with Crippen LogP contribution in [0.5, 0.6) is 5.75 Å². The van der Waals surface area contributed by atoms with Crippen molar-refractivity contribution in [1.82, 2.24) is 14.6 Å². The molecular weight excluding hydrogens is 254 g/mol. The van der Waals surface area contributed by atoms with Crippen LogP contribution in [0, 0.1) is 6.92 Å². The number of hydrogen-bond acceptors (Lipinski definition) is 4. The van der Waals surface area contributed by atoms with E-state index >= 15 is 0 Å². The summed E-state index contributed by atoms with van der Waals surface area (Å²) < 4.78 is 6.90. The summed E-state index contributed by atoms with van der Waals surface area (Å²) in [5.41, 5.74) is 3.80. The Labute approximate surface area is 115 Å². The predicted molar refractivity (Wildman–Crippen MR) is 75.1 cm³/mol. The standard InChI is InChI=1S/C15H13N3O2/c1-10-3-5-14(20-2)12(7-10)13-4-6-15-16-8-11(9-19)18(15)17-13/h3-9H,1-2H3. The lowest BCUT2D eigenvalue weighted by Crippen LogP contribution is -1.99. The summed E-state index contributed by atoms with van der Waals surface area (Å²) in [5, 5.41) is 4.47. The molecule has 3 rings (SSSR count). The van der Waals surface area contributed by atoms with Gasteiger partial charge in [-0.2, -0.15) is 5.10 Å². The second-order valence-corrected chi connectivity index (χ2v) is 4.49. The quantitative estimate of drug-likeness (QED) is 0.684. The Bertz CT molecular complexity index is 793. The van der Waals surface area contributed by atoms with Crippen LogP contribution in [0.1, 0.15) is 16.1 Å². The summed E-state index contributed by atoms with van der Waals surface area (Å²) in [6.07, 6.45) is 2.25. The first-order valence-electron chi connectivity index (χ1n) is 6.18. The van der Waals surface area contributed by atoms with Crippen molar-refractivity contribution in [1.29, 1.82) is 0 Å². The maximum absolute atomic E-state index is 11.0. The molecule has 2 aromatic heterocycles. The van der Waals surface area contributed by atoms with Crippen molar-refractivity contribution < 1.29 is 9.53 Å². The Morgan fingerprint density at radius 3 is 2.85 bits per heavy atom. The Kier molecular flexibility index (Phi) is 2.95. The van der Waals surface area contributed by atoms with Crippen LogP contribution in [0.3, 0.4) is 0 Å². The molecule has 0 saturated heterocycles. The number of carbonyl (C=O) groups excluding carboxylic acids is 1. The molecule has 5 heteroatoms. The minimum atomic E-state index is 0.425. The second kappa shape index (κ2) is 4.77. The van der Waals surface area contributed by atoms with Crippen LogP contribution < -0.4 is 4.74 Å². The monoisotopic (exact) mass is 267 g/mol. The number of aromatic nitrogens is 3. The minimum Gasteiger partial charge on any atom is -0.496 e. The highest BCUT2D eigenvalue weighted by molar-refractivity contribution is 5.74. The van der Waals surface area contributed by atoms with Crippen molar-refractivity contribution in [3.63, 3.8) is 0 Å². The zero-order chi connectivity index (χ0) is 14.1. The lowest BCUT2D eigenvalue weighted by atomic mass is 10.1. The van der Waals surface area contributed by atoms with Crippen LogP contribution in [0.2, 0.25) is 0 Å². The van der Waals surface area contributed by atoms with Crippen LogP contribution >= 0.6 is 0 Å². The third kappa shape index (κ3) is 1.93. The minimum absolute atomic E-state index is 0.425. The zero-order valence-corrected chi connectivity index (χ0v) is 11.2. The topological polar surface area (TPSA) is 56.5 Å². The number of carbonyl (C=O) groups is 1. The molecule has 2 heterocycles. The molecule has 0 bridgehead atoms. The molecule has 3 aromatic rings. The fourth-order valence-corrected chi connectivity index (χ4v) is 2.14. The van der Waals surface area contributed by atoms with Crippen molar-refractivity contribution in [2.45, 2.75) is 6.92 Å². The van der Waals surface area contributed by atoms with Gasteiger partial charge in [-0.15, -0.1) is 0 Å². The number of methoxy groups -OCH3 is 1. The van der Waals surface area contributed by atoms with Gasteiger partial charge in [0.1, 0.15) is 11.4 Å². The van der Waals surface area contributed by atoms with Crippen LogP contribution in [0.15, 0.2) is 36.5 Å². The van der Waals surface area contributed by atoms with Gasteiger partial charge in [-0.25, -0.2) is 9.50 Å². The van der Waals surface area contributed by atoms with Gasteiger partial charge in [-0.1, -0.05) is 11.6 Å². The van der Waals surface area contributed by atoms with E-state index in [2.05, 4.69) is 10.1 Å². The van der Waals surface area contributed by atoms with Gasteiger partial charge < -0.3 is 4.74 Å². The Balaban J connectivity index is 2.23. The van der Waals surface area contributed by atoms with Crippen molar-refractivity contribution in [2.75, 3.05) is 7.11 Å². The van der Waals surface area contributed by atoms with E-state index in [0.29, 0.717) is 11.3 Å². The fraction of sp³-hybridized carbons (Fsp3) is 0.133. The lowest BCUT2D eigenvalue weighted by Gasteiger charge is -2.09. The number of hydrogen-bond donors (Lipinski definition) is 0. The highest BCUT2D eigenvalue weighted by Gasteiger charge is 2.10. The number of ether oxygens (including phenoxy) is 1. The first-order chi connectivity index (χ1) is 9.72. The van der Waals surface area contributed by atoms with E-state index in [0.717, 1.165) is 28.9 Å². The van der Waals surface area contributed by atoms with E-state index in [4.69, 9.17) is 4.74 Å². The molecule has 0 fully saturated rings. The summed E-state index contributed by atoms with van der Waals surface area (Å²) in [6.45, 7) is 2.01. The molecule has 100 valence electrons. The third-order valence-electron chi connectivity index (χ3n) is 3.14. The Hall–Kier alpha value is -2.69. The average Bonchev–Trinajstić information content (AvgIpc) is 2.89. The number of fused-ring (bicyclic) bond motifs is 1. The molecule has 20 heavy (non-hydrogen) atoms. The predicted octanol–water partition coefficient (Wildman–Crippen LogP) is 2.53. The van der Waals surface area contributed by atoms with E-state index in [9.17, 15) is 4.79 Å². The molecule has 0 unspecified atom stereocenters. The summed E-state index contributed by atoms with van der Waals surface area (Å²) in [7, 11) is 1.63. The van der Waals surface area contributed by atoms with Crippen molar-refractivity contribution in [3.8, 4) is 17.0 Å². The third-order valence-corrected chi connectivity index (χ3v) is 3.14. The molecule has 0 saturated carbocycles. The van der Waals surface area contributed by atoms with Gasteiger partial charge in [0.15, 0.2) is 11.9 Å². The first kappa shape index (κ1) is 12.3. The molecule has 1 aromatic carbocycles. The fourth-order valence-electron chi connectivity index (χ4n) is 2.14. The number of aryl methyl sites for hydroxylation is 1. The summed E-state index contributed by atoms with van der Waals surface area (Å²) >= 11 is 0. The molecule has 0 aliphatic rings. The molecule has 0 aliphatic carbocycles. The summed E-state index contributed by atoms with van der Waals surface area (Å²) in [6, 6.07) is 9.59. The molecular formula is C15H13N3O2. The maximum atomic E-state index is 11.0. The number of nitrogens with zero attached hydrogens (tertiary/aromatic N) is 3. The van der Waals surface area contributed by atoms with Crippen molar-refractivity contribution in [2.24, 2.45) is 0 Å². The zero-order valence-electron chi connectivity index (χ0n) is 11.2. The van der Waals surface area contributed by atoms with E-state index in [1.54, 1.807) is 7.11 Å². The van der Waals surface area contributed by atoms with Crippen LogP contribution in [-0.2, 0) is 0 Å². The Morgan fingerprint density at radius 1 is 1.25 bits per heavy atom. The normalized spacial score (nSPS) is 10.7. The van der Waals surface area contributed by atoms with Gasteiger partial charge >= 0.3 is 0 Å². The first-order valence-corrected chi connectivity index (χ1v) is 6.18. The van der Waals surface area contributed by atoms with Crippen molar-refractivity contribution in [3.05, 3.63) is 47.8 Å². The van der Waals surface area contributed by atoms with Crippen LogP contribution in [-0.4, -0.2) is 28.0 Å². The van der Waals surface area contributed by atoms with Gasteiger partial charge in [-0.05, 0) is 31.2 Å². The number of rotatable bonds is 3. The van der Waals surface area contributed by atoms with Crippen LogP contribution in [0.25, 0.3) is 16.9 Å². The van der Waals surface area contributed by atoms with E-state index < -0.39 is 0 Å². The highest BCUT2D eigenvalue weighted by Crippen LogP contribution is 2.29. The van der Waals surface area contributed by atoms with Gasteiger partial charge in [0.2, 0.25) is 0 Å². The van der Waals surface area contributed by atoms with E-state index in [1.165, 1.54) is 10.7 Å². The largest absolute Gasteiger partial charge is 0.496 e. The molecule has 0 amide bonds. The van der Waals surface area contributed by atoms with Gasteiger partial charge in [-0.3, -0.25) is 4.79 Å². The summed E-state index contributed by atoms with van der Waals surface area (Å²) in [5.74, 6) is 0.746. The number of benzene rings is 1. The number of aldehydes is 1. The van der Waals surface area contributed by atoms with Crippen molar-refractivity contribution >= 4 is 11.9 Å². The molecule has 0 spiro atoms. The molecule has 0 N–H and O–H groups in total. The van der Waals surface area contributed by atoms with E-state index in [-0.39, 0.29) is 0 Å². The van der Waals surface area contributed by atoms with Gasteiger partial charge in [0.25, 0.3) is 0 Å². The maximum Gasteiger partial charge on any atom is 0.170 e. The van der Waals surface area contributed by atoms with Gasteiger partial charge in [0, 0.05) is 5.56 Å². The molecule has 0 atom stereocenters. The lowest BCUT2D eigenvalue weighted by molar-refractivity contribution is 0.111. The molecule has 0 radical (unpaired) electrons. The van der Waals surface area contributed by atoms with Gasteiger partial charge in [0.05, 0.1) is 19.0 Å².